The summed E-state index contributed by atoms with van der Waals surface area (Å²) in [5.74, 6) is -0.858. The number of rotatable bonds is 4. The van der Waals surface area contributed by atoms with Crippen LogP contribution in [0.15, 0.2) is 60.2 Å². The lowest BCUT2D eigenvalue weighted by atomic mass is 10.0. The minimum Gasteiger partial charge on any atom is -0.351 e. The first-order chi connectivity index (χ1) is 12.1. The van der Waals surface area contributed by atoms with Crippen LogP contribution in [0.25, 0.3) is 5.57 Å². The molecule has 0 spiro atoms. The van der Waals surface area contributed by atoms with Crippen molar-refractivity contribution in [3.63, 3.8) is 0 Å². The van der Waals surface area contributed by atoms with Crippen LogP contribution >= 0.6 is 0 Å². The number of hydrogen-bond donors (Lipinski definition) is 1. The van der Waals surface area contributed by atoms with Gasteiger partial charge in [-0.3, -0.25) is 9.59 Å². The maximum Gasteiger partial charge on any atom is 0.262 e. The Morgan fingerprint density at radius 3 is 2.52 bits per heavy atom. The highest BCUT2D eigenvalue weighted by Crippen LogP contribution is 2.37. The Labute approximate surface area is 146 Å². The zero-order valence-corrected chi connectivity index (χ0v) is 13.8. The number of nitrogens with one attached hydrogen (secondary N) is 1. The molecule has 1 heterocycles. The molecule has 1 N–H and O–H groups in total. The van der Waals surface area contributed by atoms with Crippen molar-refractivity contribution in [1.29, 1.82) is 5.26 Å². The maximum atomic E-state index is 12.5. The topological polar surface area (TPSA) is 73.2 Å². The molecule has 5 nitrogen and oxygen atoms in total. The highest BCUT2D eigenvalue weighted by molar-refractivity contribution is 6.36. The quantitative estimate of drug-likeness (QED) is 0.690. The number of para-hydroxylation sites is 1. The molecule has 0 saturated heterocycles. The van der Waals surface area contributed by atoms with Gasteiger partial charge in [-0.2, -0.15) is 5.26 Å². The zero-order valence-electron chi connectivity index (χ0n) is 13.8. The van der Waals surface area contributed by atoms with E-state index in [-0.39, 0.29) is 17.1 Å². The lowest BCUT2D eigenvalue weighted by Gasteiger charge is -2.08. The maximum absolute atomic E-state index is 12.5. The van der Waals surface area contributed by atoms with Crippen LogP contribution in [-0.2, 0) is 16.0 Å². The fourth-order valence-corrected chi connectivity index (χ4v) is 2.89. The summed E-state index contributed by atoms with van der Waals surface area (Å²) in [4.78, 5) is 26.4. The third kappa shape index (κ3) is 3.15. The van der Waals surface area contributed by atoms with E-state index >= 15 is 0 Å². The largest absolute Gasteiger partial charge is 0.351 e. The van der Waals surface area contributed by atoms with Gasteiger partial charge in [-0.05, 0) is 18.1 Å². The molecule has 25 heavy (non-hydrogen) atoms. The van der Waals surface area contributed by atoms with E-state index in [1.165, 1.54) is 4.90 Å². The van der Waals surface area contributed by atoms with Crippen LogP contribution in [0.5, 0.6) is 0 Å². The summed E-state index contributed by atoms with van der Waals surface area (Å²) in [5, 5.41) is 12.2. The molecule has 0 aliphatic carbocycles. The minimum atomic E-state index is -0.521. The predicted octanol–water partition coefficient (Wildman–Crippen LogP) is 2.30. The van der Waals surface area contributed by atoms with Gasteiger partial charge in [0.2, 0.25) is 0 Å². The van der Waals surface area contributed by atoms with Crippen LogP contribution in [0, 0.1) is 11.3 Å². The molecule has 0 aromatic heterocycles. The van der Waals surface area contributed by atoms with Crippen LogP contribution in [-0.4, -0.2) is 25.4 Å². The number of anilines is 1. The number of nitrogens with zero attached hydrogens (tertiary/aromatic N) is 2. The van der Waals surface area contributed by atoms with E-state index in [9.17, 15) is 14.9 Å². The molecule has 0 radical (unpaired) electrons. The zero-order chi connectivity index (χ0) is 17.8. The second kappa shape index (κ2) is 7.02. The molecule has 124 valence electrons. The van der Waals surface area contributed by atoms with Crippen molar-refractivity contribution in [3.05, 3.63) is 71.3 Å². The van der Waals surface area contributed by atoms with Crippen molar-refractivity contribution < 1.29 is 9.59 Å². The smallest absolute Gasteiger partial charge is 0.262 e. The van der Waals surface area contributed by atoms with Gasteiger partial charge in [0.1, 0.15) is 11.6 Å². The summed E-state index contributed by atoms with van der Waals surface area (Å²) < 4.78 is 0. The molecule has 3 rings (SSSR count). The fourth-order valence-electron chi connectivity index (χ4n) is 2.89. The molecule has 1 aliphatic heterocycles. The van der Waals surface area contributed by atoms with Crippen molar-refractivity contribution in [1.82, 2.24) is 5.32 Å². The van der Waals surface area contributed by atoms with Crippen LogP contribution in [0.3, 0.4) is 0 Å². The lowest BCUT2D eigenvalue weighted by Crippen LogP contribution is -2.29. The van der Waals surface area contributed by atoms with Crippen molar-refractivity contribution in [2.75, 3.05) is 18.5 Å². The van der Waals surface area contributed by atoms with Gasteiger partial charge in [0.05, 0.1) is 11.3 Å². The second-order valence-electron chi connectivity index (χ2n) is 5.73. The van der Waals surface area contributed by atoms with Crippen molar-refractivity contribution in [2.45, 2.75) is 6.42 Å². The van der Waals surface area contributed by atoms with Crippen molar-refractivity contribution in [2.24, 2.45) is 0 Å². The molecule has 2 amide bonds. The van der Waals surface area contributed by atoms with Crippen LogP contribution in [0.4, 0.5) is 5.69 Å². The van der Waals surface area contributed by atoms with E-state index in [0.29, 0.717) is 24.2 Å². The highest BCUT2D eigenvalue weighted by Gasteiger charge is 2.34. The molecule has 0 atom stereocenters. The summed E-state index contributed by atoms with van der Waals surface area (Å²) in [6.45, 7) is 0.396. The third-order valence-electron chi connectivity index (χ3n) is 4.18. The number of carbonyl (C=O) groups excluding carboxylic acids is 2. The monoisotopic (exact) mass is 331 g/mol. The number of fused-ring (bicyclic) bond motifs is 1. The van der Waals surface area contributed by atoms with Gasteiger partial charge in [-0.25, -0.2) is 0 Å². The molecule has 1 aliphatic rings. The van der Waals surface area contributed by atoms with Crippen LogP contribution in [0.1, 0.15) is 11.1 Å². The average Bonchev–Trinajstić information content (AvgIpc) is 2.89. The molecule has 0 unspecified atom stereocenters. The van der Waals surface area contributed by atoms with E-state index in [4.69, 9.17) is 0 Å². The van der Waals surface area contributed by atoms with E-state index in [1.54, 1.807) is 25.2 Å². The predicted molar refractivity (Wildman–Crippen MR) is 95.5 cm³/mol. The first-order valence-electron chi connectivity index (χ1n) is 7.97. The van der Waals surface area contributed by atoms with Crippen molar-refractivity contribution in [3.8, 4) is 6.07 Å². The van der Waals surface area contributed by atoms with E-state index in [0.717, 1.165) is 5.56 Å². The minimum absolute atomic E-state index is 0.144. The Kier molecular flexibility index (Phi) is 4.62. The molecule has 0 fully saturated rings. The van der Waals surface area contributed by atoms with Gasteiger partial charge >= 0.3 is 0 Å². The summed E-state index contributed by atoms with van der Waals surface area (Å²) in [5.41, 5.74) is 2.43. The Morgan fingerprint density at radius 2 is 1.80 bits per heavy atom. The summed E-state index contributed by atoms with van der Waals surface area (Å²) in [6, 6.07) is 18.8. The Hall–Kier alpha value is -3.39. The summed E-state index contributed by atoms with van der Waals surface area (Å²) in [7, 11) is 1.64. The van der Waals surface area contributed by atoms with Gasteiger partial charge in [0.15, 0.2) is 0 Å². The normalized spacial score (nSPS) is 14.7. The first kappa shape index (κ1) is 16.5. The van der Waals surface area contributed by atoms with Crippen LogP contribution in [0.2, 0.25) is 0 Å². The SMILES string of the molecule is CN1C(=O)/C(=C(/C#N)C(=O)NCCc2ccccc2)c2ccccc21. The molecule has 5 heteroatoms. The first-order valence-corrected chi connectivity index (χ1v) is 7.97. The van der Waals surface area contributed by atoms with Gasteiger partial charge in [-0.15, -0.1) is 0 Å². The lowest BCUT2D eigenvalue weighted by molar-refractivity contribution is -0.117. The van der Waals surface area contributed by atoms with Gasteiger partial charge in [-0.1, -0.05) is 48.5 Å². The summed E-state index contributed by atoms with van der Waals surface area (Å²) >= 11 is 0. The third-order valence-corrected chi connectivity index (χ3v) is 4.18. The number of hydrogen-bond acceptors (Lipinski definition) is 3. The Bertz CT molecular complexity index is 895. The number of amides is 2. The molecule has 2 aromatic rings. The van der Waals surface area contributed by atoms with Gasteiger partial charge < -0.3 is 10.2 Å². The molecule has 0 bridgehead atoms. The summed E-state index contributed by atoms with van der Waals surface area (Å²) in [6.07, 6.45) is 0.658. The Balaban J connectivity index is 1.82. The molecule has 2 aromatic carbocycles. The van der Waals surface area contributed by atoms with Crippen LogP contribution < -0.4 is 10.2 Å². The van der Waals surface area contributed by atoms with Gasteiger partial charge in [0, 0.05) is 19.2 Å². The van der Waals surface area contributed by atoms with E-state index < -0.39 is 5.91 Å². The Morgan fingerprint density at radius 1 is 1.12 bits per heavy atom. The van der Waals surface area contributed by atoms with E-state index in [2.05, 4.69) is 5.32 Å². The number of nitriles is 1. The number of benzene rings is 2. The van der Waals surface area contributed by atoms with Crippen molar-refractivity contribution >= 4 is 23.1 Å². The molecular weight excluding hydrogens is 314 g/mol. The second-order valence-corrected chi connectivity index (χ2v) is 5.73. The average molecular weight is 331 g/mol. The fraction of sp³-hybridized carbons (Fsp3) is 0.150. The van der Waals surface area contributed by atoms with E-state index in [1.807, 2.05) is 42.5 Å². The highest BCUT2D eigenvalue weighted by atomic mass is 16.2. The van der Waals surface area contributed by atoms with Gasteiger partial charge in [0.25, 0.3) is 11.8 Å². The number of carbonyl (C=O) groups is 2. The molecule has 0 saturated carbocycles. The standard InChI is InChI=1S/C20H17N3O2/c1-23-17-10-6-5-9-15(17)18(20(23)25)16(13-21)19(24)22-12-11-14-7-3-2-4-8-14/h2-10H,11-12H2,1H3,(H,22,24)/b18-16-. The molecular formula is C20H17N3O2. The number of likely N-dealkylation sites (N-methyl/N-ethyl adjacent to an activating group) is 1.